The number of hydrogen-bond acceptors (Lipinski definition) is 1. The molecule has 0 heterocycles. The SMILES string of the molecule is COc1ccc(C(/C=C/CCc2ccccc2)[Si](C)(C)C)cc1. The largest absolute Gasteiger partial charge is 0.497 e. The average Bonchev–Trinajstić information content (AvgIpc) is 2.55. The van der Waals surface area contributed by atoms with Gasteiger partial charge in [0.25, 0.3) is 0 Å². The van der Waals surface area contributed by atoms with Crippen molar-refractivity contribution in [2.45, 2.75) is 38.0 Å². The number of methoxy groups -OCH3 is 1. The Morgan fingerprint density at radius 3 is 2.17 bits per heavy atom. The van der Waals surface area contributed by atoms with E-state index in [0.29, 0.717) is 5.54 Å². The molecule has 0 spiro atoms. The summed E-state index contributed by atoms with van der Waals surface area (Å²) in [6.45, 7) is 7.30. The van der Waals surface area contributed by atoms with Gasteiger partial charge in [-0.1, -0.05) is 74.3 Å². The van der Waals surface area contributed by atoms with Crippen molar-refractivity contribution in [1.29, 1.82) is 0 Å². The molecule has 0 saturated heterocycles. The molecule has 122 valence electrons. The van der Waals surface area contributed by atoms with E-state index >= 15 is 0 Å². The van der Waals surface area contributed by atoms with E-state index < -0.39 is 8.07 Å². The van der Waals surface area contributed by atoms with Gasteiger partial charge in [0.15, 0.2) is 0 Å². The zero-order chi connectivity index (χ0) is 16.7. The molecule has 0 aliphatic carbocycles. The first-order valence-electron chi connectivity index (χ1n) is 8.35. The zero-order valence-corrected chi connectivity index (χ0v) is 15.8. The molecule has 0 fully saturated rings. The maximum absolute atomic E-state index is 5.28. The third-order valence-electron chi connectivity index (χ3n) is 4.18. The Kier molecular flexibility index (Phi) is 6.23. The predicted octanol–water partition coefficient (Wildman–Crippen LogP) is 5.85. The van der Waals surface area contributed by atoms with Gasteiger partial charge < -0.3 is 4.74 Å². The van der Waals surface area contributed by atoms with Gasteiger partial charge in [-0.3, -0.25) is 0 Å². The summed E-state index contributed by atoms with van der Waals surface area (Å²) < 4.78 is 5.28. The molecule has 0 N–H and O–H groups in total. The number of aryl methyl sites for hydroxylation is 1. The normalized spacial score (nSPS) is 13.2. The summed E-state index contributed by atoms with van der Waals surface area (Å²) in [5, 5.41) is 0. The van der Waals surface area contributed by atoms with E-state index in [-0.39, 0.29) is 0 Å². The lowest BCUT2D eigenvalue weighted by Crippen LogP contribution is -2.29. The second-order valence-corrected chi connectivity index (χ2v) is 12.4. The topological polar surface area (TPSA) is 9.23 Å². The van der Waals surface area contributed by atoms with Gasteiger partial charge in [0.1, 0.15) is 5.75 Å². The van der Waals surface area contributed by atoms with Crippen LogP contribution in [-0.2, 0) is 6.42 Å². The standard InChI is InChI=1S/C21H28OSi/c1-22-20-16-14-19(15-17-20)21(23(2,3)4)13-9-8-12-18-10-6-5-7-11-18/h5-7,9-11,13-17,21H,8,12H2,1-4H3/b13-9+. The molecular weight excluding hydrogens is 296 g/mol. The molecule has 2 heteroatoms. The molecule has 23 heavy (non-hydrogen) atoms. The molecule has 1 unspecified atom stereocenters. The van der Waals surface area contributed by atoms with Gasteiger partial charge in [0.05, 0.1) is 15.2 Å². The second-order valence-electron chi connectivity index (χ2n) is 7.07. The molecule has 0 radical (unpaired) electrons. The van der Waals surface area contributed by atoms with E-state index in [2.05, 4.69) is 86.4 Å². The maximum atomic E-state index is 5.28. The number of benzene rings is 2. The van der Waals surface area contributed by atoms with Crippen LogP contribution in [-0.4, -0.2) is 15.2 Å². The van der Waals surface area contributed by atoms with Gasteiger partial charge >= 0.3 is 0 Å². The van der Waals surface area contributed by atoms with Crippen molar-refractivity contribution < 1.29 is 4.74 Å². The first kappa shape index (κ1) is 17.5. The van der Waals surface area contributed by atoms with E-state index in [1.807, 2.05) is 0 Å². The van der Waals surface area contributed by atoms with E-state index in [1.165, 1.54) is 11.1 Å². The van der Waals surface area contributed by atoms with Crippen LogP contribution in [0.4, 0.5) is 0 Å². The highest BCUT2D eigenvalue weighted by Gasteiger charge is 2.25. The minimum atomic E-state index is -1.31. The maximum Gasteiger partial charge on any atom is 0.118 e. The van der Waals surface area contributed by atoms with Gasteiger partial charge in [0.2, 0.25) is 0 Å². The monoisotopic (exact) mass is 324 g/mol. The predicted molar refractivity (Wildman–Crippen MR) is 103 cm³/mol. The Morgan fingerprint density at radius 2 is 1.61 bits per heavy atom. The summed E-state index contributed by atoms with van der Waals surface area (Å²) in [4.78, 5) is 0. The summed E-state index contributed by atoms with van der Waals surface area (Å²) in [5.41, 5.74) is 3.36. The van der Waals surface area contributed by atoms with Gasteiger partial charge in [0, 0.05) is 0 Å². The van der Waals surface area contributed by atoms with Crippen LogP contribution in [0.3, 0.4) is 0 Å². The van der Waals surface area contributed by atoms with Crippen molar-refractivity contribution in [2.24, 2.45) is 0 Å². The van der Waals surface area contributed by atoms with Gasteiger partial charge in [-0.2, -0.15) is 0 Å². The van der Waals surface area contributed by atoms with Crippen molar-refractivity contribution in [2.75, 3.05) is 7.11 Å². The Bertz CT molecular complexity index is 609. The van der Waals surface area contributed by atoms with Crippen molar-refractivity contribution in [1.82, 2.24) is 0 Å². The van der Waals surface area contributed by atoms with E-state index in [1.54, 1.807) is 7.11 Å². The van der Waals surface area contributed by atoms with E-state index in [9.17, 15) is 0 Å². The van der Waals surface area contributed by atoms with Crippen LogP contribution in [0.15, 0.2) is 66.7 Å². The molecule has 0 amide bonds. The molecule has 1 atom stereocenters. The van der Waals surface area contributed by atoms with Crippen LogP contribution in [0.25, 0.3) is 0 Å². The number of hydrogen-bond donors (Lipinski definition) is 0. The van der Waals surface area contributed by atoms with Crippen LogP contribution < -0.4 is 4.74 Å². The summed E-state index contributed by atoms with van der Waals surface area (Å²) in [5.74, 6) is 0.927. The molecule has 0 aliphatic rings. The van der Waals surface area contributed by atoms with Crippen LogP contribution >= 0.6 is 0 Å². The minimum Gasteiger partial charge on any atom is -0.497 e. The number of rotatable bonds is 7. The third kappa shape index (κ3) is 5.40. The van der Waals surface area contributed by atoms with Gasteiger partial charge in [-0.25, -0.2) is 0 Å². The zero-order valence-electron chi connectivity index (χ0n) is 14.8. The molecule has 1 nitrogen and oxygen atoms in total. The summed E-state index contributed by atoms with van der Waals surface area (Å²) in [6.07, 6.45) is 7.00. The fraction of sp³-hybridized carbons (Fsp3) is 0.333. The van der Waals surface area contributed by atoms with Gasteiger partial charge in [-0.05, 0) is 41.6 Å². The number of allylic oxidation sites excluding steroid dienone is 2. The molecule has 0 bridgehead atoms. The first-order valence-corrected chi connectivity index (χ1v) is 11.9. The Morgan fingerprint density at radius 1 is 0.957 bits per heavy atom. The lowest BCUT2D eigenvalue weighted by Gasteiger charge is -2.27. The van der Waals surface area contributed by atoms with Gasteiger partial charge in [-0.15, -0.1) is 0 Å². The fourth-order valence-corrected chi connectivity index (χ4v) is 4.74. The average molecular weight is 325 g/mol. The molecule has 0 aliphatic heterocycles. The molecule has 2 rings (SSSR count). The highest BCUT2D eigenvalue weighted by molar-refractivity contribution is 6.78. The number of ether oxygens (including phenoxy) is 1. The molecule has 0 saturated carbocycles. The van der Waals surface area contributed by atoms with Crippen LogP contribution in [0.2, 0.25) is 19.6 Å². The van der Waals surface area contributed by atoms with Crippen LogP contribution in [0.5, 0.6) is 5.75 Å². The smallest absolute Gasteiger partial charge is 0.118 e. The molecular formula is C21H28OSi. The van der Waals surface area contributed by atoms with Crippen LogP contribution in [0, 0.1) is 0 Å². The Hall–Kier alpha value is -1.80. The Balaban J connectivity index is 2.05. The third-order valence-corrected chi connectivity index (χ3v) is 6.57. The van der Waals surface area contributed by atoms with E-state index in [4.69, 9.17) is 4.74 Å². The Labute approximate surface area is 142 Å². The van der Waals surface area contributed by atoms with Crippen molar-refractivity contribution in [3.8, 4) is 5.75 Å². The van der Waals surface area contributed by atoms with E-state index in [0.717, 1.165) is 18.6 Å². The van der Waals surface area contributed by atoms with Crippen LogP contribution in [0.1, 0.15) is 23.1 Å². The molecule has 0 aromatic heterocycles. The minimum absolute atomic E-state index is 0.546. The lowest BCUT2D eigenvalue weighted by atomic mass is 10.1. The highest BCUT2D eigenvalue weighted by Crippen LogP contribution is 2.30. The summed E-state index contributed by atoms with van der Waals surface area (Å²) in [6, 6.07) is 19.3. The first-order chi connectivity index (χ1) is 11.0. The van der Waals surface area contributed by atoms with Crippen molar-refractivity contribution in [3.63, 3.8) is 0 Å². The van der Waals surface area contributed by atoms with Crippen molar-refractivity contribution >= 4 is 8.07 Å². The van der Waals surface area contributed by atoms with Crippen molar-refractivity contribution in [3.05, 3.63) is 77.9 Å². The lowest BCUT2D eigenvalue weighted by molar-refractivity contribution is 0.414. The molecule has 2 aromatic carbocycles. The summed E-state index contributed by atoms with van der Waals surface area (Å²) in [7, 11) is 0.405. The fourth-order valence-electron chi connectivity index (χ4n) is 2.84. The second kappa shape index (κ2) is 8.16. The molecule has 2 aromatic rings. The quantitative estimate of drug-likeness (QED) is 0.459. The summed E-state index contributed by atoms with van der Waals surface area (Å²) >= 11 is 0. The highest BCUT2D eigenvalue weighted by atomic mass is 28.3.